The molecule has 2 saturated heterocycles. The molecule has 0 unspecified atom stereocenters. The van der Waals surface area contributed by atoms with Crippen LogP contribution in [0, 0.1) is 5.41 Å². The minimum atomic E-state index is -0.0837. The number of benzene rings is 1. The van der Waals surface area contributed by atoms with Crippen LogP contribution in [0.1, 0.15) is 36.1 Å². The summed E-state index contributed by atoms with van der Waals surface area (Å²) >= 11 is 5.33. The normalized spacial score (nSPS) is 19.9. The Morgan fingerprint density at radius 2 is 1.78 bits per heavy atom. The van der Waals surface area contributed by atoms with Gasteiger partial charge in [0.05, 0.1) is 5.41 Å². The summed E-state index contributed by atoms with van der Waals surface area (Å²) in [6.45, 7) is 4.96. The highest BCUT2D eigenvalue weighted by Crippen LogP contribution is 2.42. The Morgan fingerprint density at radius 3 is 2.48 bits per heavy atom. The zero-order valence-corrected chi connectivity index (χ0v) is 18.1. The van der Waals surface area contributed by atoms with Crippen LogP contribution in [0.2, 0.25) is 0 Å². The molecule has 0 N–H and O–H groups in total. The fraction of sp³-hybridized carbons (Fsp3) is 0.500. The van der Waals surface area contributed by atoms with Crippen molar-refractivity contribution in [3.05, 3.63) is 56.7 Å². The Bertz CT molecular complexity index is 751. The SMILES string of the molecule is O=C1N(Cc2ccc(Br)cc2)CCC12CCN(CCCc1cccs1)CC2. The maximum atomic E-state index is 13.1. The fourth-order valence-electron chi connectivity index (χ4n) is 4.45. The molecule has 3 heterocycles. The molecule has 2 fully saturated rings. The highest BCUT2D eigenvalue weighted by Gasteiger charge is 2.47. The number of hydrogen-bond donors (Lipinski definition) is 0. The third-order valence-electron chi connectivity index (χ3n) is 6.18. The van der Waals surface area contributed by atoms with Gasteiger partial charge in [-0.05, 0) is 80.9 Å². The van der Waals surface area contributed by atoms with E-state index in [1.54, 1.807) is 0 Å². The summed E-state index contributed by atoms with van der Waals surface area (Å²) in [6.07, 6.45) is 5.49. The van der Waals surface area contributed by atoms with E-state index in [1.165, 1.54) is 23.3 Å². The molecular formula is C22H27BrN2OS. The van der Waals surface area contributed by atoms with E-state index in [0.29, 0.717) is 5.91 Å². The Balaban J connectivity index is 1.26. The number of aryl methyl sites for hydroxylation is 1. The third-order valence-corrected chi connectivity index (χ3v) is 7.64. The van der Waals surface area contributed by atoms with E-state index in [1.807, 2.05) is 11.3 Å². The van der Waals surface area contributed by atoms with Gasteiger partial charge in [0.1, 0.15) is 0 Å². The molecular weight excluding hydrogens is 420 g/mol. The van der Waals surface area contributed by atoms with Gasteiger partial charge in [-0.15, -0.1) is 11.3 Å². The predicted octanol–water partition coefficient (Wildman–Crippen LogP) is 4.96. The molecule has 0 aliphatic carbocycles. The molecule has 5 heteroatoms. The van der Waals surface area contributed by atoms with E-state index in [4.69, 9.17) is 0 Å². The summed E-state index contributed by atoms with van der Waals surface area (Å²) in [5, 5.41) is 2.16. The minimum Gasteiger partial charge on any atom is -0.338 e. The van der Waals surface area contributed by atoms with E-state index in [0.717, 1.165) is 56.5 Å². The number of hydrogen-bond acceptors (Lipinski definition) is 3. The van der Waals surface area contributed by atoms with Crippen LogP contribution in [0.5, 0.6) is 0 Å². The van der Waals surface area contributed by atoms with Gasteiger partial charge in [0.2, 0.25) is 5.91 Å². The predicted molar refractivity (Wildman–Crippen MR) is 115 cm³/mol. The molecule has 0 atom stereocenters. The first-order valence-electron chi connectivity index (χ1n) is 9.93. The number of likely N-dealkylation sites (tertiary alicyclic amines) is 2. The lowest BCUT2D eigenvalue weighted by molar-refractivity contribution is -0.138. The first kappa shape index (κ1) is 19.2. The monoisotopic (exact) mass is 446 g/mol. The Kier molecular flexibility index (Phi) is 6.00. The largest absolute Gasteiger partial charge is 0.338 e. The lowest BCUT2D eigenvalue weighted by Crippen LogP contribution is -2.44. The zero-order chi connectivity index (χ0) is 18.7. The topological polar surface area (TPSA) is 23.6 Å². The van der Waals surface area contributed by atoms with E-state index in [2.05, 4.69) is 67.5 Å². The van der Waals surface area contributed by atoms with Gasteiger partial charge < -0.3 is 9.80 Å². The first-order valence-corrected chi connectivity index (χ1v) is 11.6. The second-order valence-corrected chi connectivity index (χ2v) is 9.86. The minimum absolute atomic E-state index is 0.0837. The molecule has 1 amide bonds. The smallest absolute Gasteiger partial charge is 0.229 e. The Labute approximate surface area is 174 Å². The lowest BCUT2D eigenvalue weighted by Gasteiger charge is -2.38. The van der Waals surface area contributed by atoms with Crippen LogP contribution in [-0.2, 0) is 17.8 Å². The van der Waals surface area contributed by atoms with E-state index >= 15 is 0 Å². The average Bonchev–Trinajstić information content (AvgIpc) is 3.30. The van der Waals surface area contributed by atoms with Crippen molar-refractivity contribution in [1.29, 1.82) is 0 Å². The van der Waals surface area contributed by atoms with Crippen molar-refractivity contribution in [2.24, 2.45) is 5.41 Å². The standard InChI is InChI=1S/C22H27BrN2OS/c23-19-7-5-18(6-8-19)17-25-15-11-22(21(25)26)9-13-24(14-10-22)12-1-3-20-4-2-16-27-20/h2,4-8,16H,1,3,9-15,17H2. The molecule has 0 radical (unpaired) electrons. The number of rotatable bonds is 6. The molecule has 2 aliphatic rings. The van der Waals surface area contributed by atoms with Gasteiger partial charge >= 0.3 is 0 Å². The van der Waals surface area contributed by atoms with Crippen molar-refractivity contribution in [3.8, 4) is 0 Å². The molecule has 144 valence electrons. The van der Waals surface area contributed by atoms with Gasteiger partial charge in [0.15, 0.2) is 0 Å². The van der Waals surface area contributed by atoms with Crippen molar-refractivity contribution in [3.63, 3.8) is 0 Å². The molecule has 27 heavy (non-hydrogen) atoms. The van der Waals surface area contributed by atoms with Crippen molar-refractivity contribution in [1.82, 2.24) is 9.80 Å². The van der Waals surface area contributed by atoms with Gasteiger partial charge in [-0.2, -0.15) is 0 Å². The molecule has 2 aromatic rings. The lowest BCUT2D eigenvalue weighted by atomic mass is 9.77. The average molecular weight is 447 g/mol. The van der Waals surface area contributed by atoms with E-state index < -0.39 is 0 Å². The molecule has 2 aliphatic heterocycles. The van der Waals surface area contributed by atoms with Gasteiger partial charge in [0, 0.05) is 22.4 Å². The van der Waals surface area contributed by atoms with Crippen LogP contribution < -0.4 is 0 Å². The van der Waals surface area contributed by atoms with Crippen LogP contribution >= 0.6 is 27.3 Å². The van der Waals surface area contributed by atoms with Crippen molar-refractivity contribution < 1.29 is 4.79 Å². The summed E-state index contributed by atoms with van der Waals surface area (Å²) in [5.41, 5.74) is 1.13. The zero-order valence-electron chi connectivity index (χ0n) is 15.7. The van der Waals surface area contributed by atoms with Crippen LogP contribution in [0.15, 0.2) is 46.3 Å². The summed E-state index contributed by atoms with van der Waals surface area (Å²) in [4.78, 5) is 19.3. The fourth-order valence-corrected chi connectivity index (χ4v) is 5.47. The van der Waals surface area contributed by atoms with Crippen molar-refractivity contribution in [2.45, 2.75) is 38.6 Å². The third kappa shape index (κ3) is 4.47. The summed E-state index contributed by atoms with van der Waals surface area (Å²) in [5.74, 6) is 0.392. The highest BCUT2D eigenvalue weighted by molar-refractivity contribution is 9.10. The second-order valence-electron chi connectivity index (χ2n) is 7.91. The van der Waals surface area contributed by atoms with Crippen LogP contribution in [0.3, 0.4) is 0 Å². The summed E-state index contributed by atoms with van der Waals surface area (Å²) in [7, 11) is 0. The van der Waals surface area contributed by atoms with E-state index in [-0.39, 0.29) is 5.41 Å². The molecule has 3 nitrogen and oxygen atoms in total. The summed E-state index contributed by atoms with van der Waals surface area (Å²) < 4.78 is 1.09. The van der Waals surface area contributed by atoms with E-state index in [9.17, 15) is 4.79 Å². The Hall–Kier alpha value is -1.17. The molecule has 4 rings (SSSR count). The number of carbonyl (C=O) groups excluding carboxylic acids is 1. The van der Waals surface area contributed by atoms with Crippen LogP contribution in [0.25, 0.3) is 0 Å². The number of amides is 1. The van der Waals surface area contributed by atoms with Crippen molar-refractivity contribution in [2.75, 3.05) is 26.2 Å². The highest BCUT2D eigenvalue weighted by atomic mass is 79.9. The molecule has 1 spiro atoms. The molecule has 0 saturated carbocycles. The second kappa shape index (κ2) is 8.46. The van der Waals surface area contributed by atoms with Gasteiger partial charge in [0.25, 0.3) is 0 Å². The quantitative estimate of drug-likeness (QED) is 0.625. The number of halogens is 1. The molecule has 1 aromatic heterocycles. The van der Waals surface area contributed by atoms with Gasteiger partial charge in [-0.3, -0.25) is 4.79 Å². The maximum Gasteiger partial charge on any atom is 0.229 e. The van der Waals surface area contributed by atoms with Gasteiger partial charge in [-0.25, -0.2) is 0 Å². The Morgan fingerprint density at radius 1 is 1.04 bits per heavy atom. The van der Waals surface area contributed by atoms with Crippen LogP contribution in [0.4, 0.5) is 0 Å². The van der Waals surface area contributed by atoms with Gasteiger partial charge in [-0.1, -0.05) is 34.1 Å². The summed E-state index contributed by atoms with van der Waals surface area (Å²) in [6, 6.07) is 12.7. The number of nitrogens with zero attached hydrogens (tertiary/aromatic N) is 2. The number of piperidine rings is 1. The number of carbonyl (C=O) groups is 1. The molecule has 1 aromatic carbocycles. The molecule has 0 bridgehead atoms. The maximum absolute atomic E-state index is 13.1. The van der Waals surface area contributed by atoms with Crippen molar-refractivity contribution >= 4 is 33.2 Å². The number of thiophene rings is 1. The van der Waals surface area contributed by atoms with Crippen LogP contribution in [-0.4, -0.2) is 41.9 Å². The first-order chi connectivity index (χ1) is 13.1.